The molecule has 2 aromatic rings. The number of hydrogen-bond acceptors (Lipinski definition) is 2. The minimum Gasteiger partial charge on any atom is -0.307 e. The summed E-state index contributed by atoms with van der Waals surface area (Å²) < 4.78 is 0. The van der Waals surface area contributed by atoms with E-state index in [1.807, 2.05) is 37.3 Å². The third-order valence-electron chi connectivity index (χ3n) is 2.57. The van der Waals surface area contributed by atoms with E-state index in [9.17, 15) is 4.79 Å². The van der Waals surface area contributed by atoms with Gasteiger partial charge in [0.1, 0.15) is 5.82 Å². The lowest BCUT2D eigenvalue weighted by molar-refractivity contribution is -0.111. The molecule has 0 unspecified atom stereocenters. The highest BCUT2D eigenvalue weighted by molar-refractivity contribution is 6.32. The highest BCUT2D eigenvalue weighted by atomic mass is 35.5. The van der Waals surface area contributed by atoms with Crippen LogP contribution in [0, 0.1) is 6.92 Å². The Morgan fingerprint density at radius 1 is 1.26 bits per heavy atom. The van der Waals surface area contributed by atoms with E-state index in [4.69, 9.17) is 11.6 Å². The Kier molecular flexibility index (Phi) is 4.31. The number of aryl methyl sites for hydroxylation is 1. The van der Waals surface area contributed by atoms with Crippen molar-refractivity contribution in [2.24, 2.45) is 0 Å². The number of benzene rings is 1. The first-order valence-electron chi connectivity index (χ1n) is 5.82. The normalized spacial score (nSPS) is 10.6. The molecule has 19 heavy (non-hydrogen) atoms. The van der Waals surface area contributed by atoms with Gasteiger partial charge < -0.3 is 5.32 Å². The third-order valence-corrected chi connectivity index (χ3v) is 2.91. The lowest BCUT2D eigenvalue weighted by atomic mass is 10.2. The molecule has 96 valence electrons. The minimum absolute atomic E-state index is 0.235. The summed E-state index contributed by atoms with van der Waals surface area (Å²) in [5.74, 6) is 0.332. The number of hydrogen-bond donors (Lipinski definition) is 1. The highest BCUT2D eigenvalue weighted by Gasteiger charge is 2.02. The molecule has 0 radical (unpaired) electrons. The number of carbonyl (C=O) groups excluding carboxylic acids is 1. The molecule has 2 rings (SSSR count). The summed E-state index contributed by atoms with van der Waals surface area (Å²) in [6, 6.07) is 11.1. The van der Waals surface area contributed by atoms with E-state index in [1.54, 1.807) is 18.3 Å². The molecule has 1 aromatic heterocycles. The fourth-order valence-electron chi connectivity index (χ4n) is 1.55. The van der Waals surface area contributed by atoms with E-state index < -0.39 is 0 Å². The quantitative estimate of drug-likeness (QED) is 0.866. The van der Waals surface area contributed by atoms with Gasteiger partial charge in [-0.15, -0.1) is 0 Å². The molecule has 0 aliphatic rings. The molecule has 0 saturated carbocycles. The maximum Gasteiger partial charge on any atom is 0.249 e. The van der Waals surface area contributed by atoms with Crippen LogP contribution in [0.15, 0.2) is 48.7 Å². The Morgan fingerprint density at radius 3 is 2.79 bits per heavy atom. The van der Waals surface area contributed by atoms with Crippen LogP contribution in [0.4, 0.5) is 5.82 Å². The summed E-state index contributed by atoms with van der Waals surface area (Å²) in [5.41, 5.74) is 1.72. The van der Waals surface area contributed by atoms with Crippen molar-refractivity contribution in [3.63, 3.8) is 0 Å². The standard InChI is InChI=1S/C15H13ClN2O/c1-11-5-4-10-17-15(11)18-14(19)9-8-12-6-2-3-7-13(12)16/h2-10H,1H3,(H,17,18,19). The zero-order valence-electron chi connectivity index (χ0n) is 10.4. The van der Waals surface area contributed by atoms with Crippen LogP contribution in [0.5, 0.6) is 0 Å². The van der Waals surface area contributed by atoms with Gasteiger partial charge in [0.2, 0.25) is 5.91 Å². The zero-order valence-corrected chi connectivity index (χ0v) is 11.2. The molecule has 1 N–H and O–H groups in total. The van der Waals surface area contributed by atoms with Gasteiger partial charge in [0.25, 0.3) is 0 Å². The van der Waals surface area contributed by atoms with Crippen molar-refractivity contribution in [3.05, 3.63) is 64.8 Å². The number of halogens is 1. The van der Waals surface area contributed by atoms with Crippen molar-refractivity contribution in [2.75, 3.05) is 5.32 Å². The van der Waals surface area contributed by atoms with Crippen LogP contribution < -0.4 is 5.32 Å². The maximum absolute atomic E-state index is 11.8. The average Bonchev–Trinajstić information content (AvgIpc) is 2.40. The second kappa shape index (κ2) is 6.16. The molecule has 1 aromatic carbocycles. The summed E-state index contributed by atoms with van der Waals surface area (Å²) in [6.07, 6.45) is 4.76. The summed E-state index contributed by atoms with van der Waals surface area (Å²) in [4.78, 5) is 15.9. The molecule has 0 bridgehead atoms. The monoisotopic (exact) mass is 272 g/mol. The first-order valence-corrected chi connectivity index (χ1v) is 6.20. The lowest BCUT2D eigenvalue weighted by Gasteiger charge is -2.04. The summed E-state index contributed by atoms with van der Waals surface area (Å²) >= 11 is 6.00. The predicted octanol–water partition coefficient (Wildman–Crippen LogP) is 3.70. The van der Waals surface area contributed by atoms with E-state index in [1.165, 1.54) is 6.08 Å². The van der Waals surface area contributed by atoms with Crippen molar-refractivity contribution in [1.82, 2.24) is 4.98 Å². The Balaban J connectivity index is 2.06. The minimum atomic E-state index is -0.235. The molecular weight excluding hydrogens is 260 g/mol. The van der Waals surface area contributed by atoms with Crippen LogP contribution in [-0.2, 0) is 4.79 Å². The second-order valence-electron chi connectivity index (χ2n) is 4.01. The maximum atomic E-state index is 11.8. The molecule has 0 saturated heterocycles. The molecule has 3 nitrogen and oxygen atoms in total. The number of pyridine rings is 1. The van der Waals surface area contributed by atoms with Crippen LogP contribution in [0.2, 0.25) is 5.02 Å². The fraction of sp³-hybridized carbons (Fsp3) is 0.0667. The first kappa shape index (κ1) is 13.3. The van der Waals surface area contributed by atoms with Crippen LogP contribution in [0.3, 0.4) is 0 Å². The molecule has 0 aliphatic carbocycles. The van der Waals surface area contributed by atoms with Crippen LogP contribution in [0.25, 0.3) is 6.08 Å². The van der Waals surface area contributed by atoms with Crippen LogP contribution in [0.1, 0.15) is 11.1 Å². The molecule has 0 aliphatic heterocycles. The number of anilines is 1. The van der Waals surface area contributed by atoms with E-state index in [0.717, 1.165) is 11.1 Å². The Hall–Kier alpha value is -2.13. The van der Waals surface area contributed by atoms with E-state index in [0.29, 0.717) is 10.8 Å². The Labute approximate surface area is 116 Å². The van der Waals surface area contributed by atoms with Gasteiger partial charge in [0.15, 0.2) is 0 Å². The summed E-state index contributed by atoms with van der Waals surface area (Å²) in [5, 5.41) is 3.33. The molecule has 0 fully saturated rings. The SMILES string of the molecule is Cc1cccnc1NC(=O)C=Cc1ccccc1Cl. The number of nitrogens with one attached hydrogen (secondary N) is 1. The molecule has 4 heteroatoms. The molecule has 0 spiro atoms. The van der Waals surface area contributed by atoms with Crippen molar-refractivity contribution >= 4 is 29.4 Å². The number of carbonyl (C=O) groups is 1. The predicted molar refractivity (Wildman–Crippen MR) is 78.1 cm³/mol. The fourth-order valence-corrected chi connectivity index (χ4v) is 1.75. The van der Waals surface area contributed by atoms with Gasteiger partial charge in [-0.1, -0.05) is 35.9 Å². The Morgan fingerprint density at radius 2 is 2.05 bits per heavy atom. The topological polar surface area (TPSA) is 42.0 Å². The highest BCUT2D eigenvalue weighted by Crippen LogP contribution is 2.16. The number of aromatic nitrogens is 1. The zero-order chi connectivity index (χ0) is 13.7. The van der Waals surface area contributed by atoms with Gasteiger partial charge in [-0.05, 0) is 36.3 Å². The average molecular weight is 273 g/mol. The molecule has 1 amide bonds. The number of nitrogens with zero attached hydrogens (tertiary/aromatic N) is 1. The van der Waals surface area contributed by atoms with Crippen molar-refractivity contribution in [1.29, 1.82) is 0 Å². The van der Waals surface area contributed by atoms with Gasteiger partial charge in [-0.2, -0.15) is 0 Å². The summed E-state index contributed by atoms with van der Waals surface area (Å²) in [6.45, 7) is 1.89. The van der Waals surface area contributed by atoms with Gasteiger partial charge in [0, 0.05) is 17.3 Å². The van der Waals surface area contributed by atoms with Gasteiger partial charge in [-0.3, -0.25) is 4.79 Å². The van der Waals surface area contributed by atoms with Crippen LogP contribution in [-0.4, -0.2) is 10.9 Å². The number of rotatable bonds is 3. The lowest BCUT2D eigenvalue weighted by Crippen LogP contribution is -2.10. The van der Waals surface area contributed by atoms with Gasteiger partial charge in [0.05, 0.1) is 0 Å². The van der Waals surface area contributed by atoms with Crippen molar-refractivity contribution < 1.29 is 4.79 Å². The largest absolute Gasteiger partial charge is 0.307 e. The van der Waals surface area contributed by atoms with E-state index in [2.05, 4.69) is 10.3 Å². The number of amides is 1. The second-order valence-corrected chi connectivity index (χ2v) is 4.42. The van der Waals surface area contributed by atoms with Crippen molar-refractivity contribution in [3.8, 4) is 0 Å². The smallest absolute Gasteiger partial charge is 0.249 e. The van der Waals surface area contributed by atoms with E-state index in [-0.39, 0.29) is 5.91 Å². The third kappa shape index (κ3) is 3.66. The first-order chi connectivity index (χ1) is 9.16. The van der Waals surface area contributed by atoms with Crippen molar-refractivity contribution in [2.45, 2.75) is 6.92 Å². The molecule has 1 heterocycles. The summed E-state index contributed by atoms with van der Waals surface area (Å²) in [7, 11) is 0. The molecule has 0 atom stereocenters. The van der Waals surface area contributed by atoms with Crippen LogP contribution >= 0.6 is 11.6 Å². The Bertz CT molecular complexity index is 623. The van der Waals surface area contributed by atoms with Gasteiger partial charge in [-0.25, -0.2) is 4.98 Å². The van der Waals surface area contributed by atoms with E-state index >= 15 is 0 Å². The molecular formula is C15H13ClN2O. The van der Waals surface area contributed by atoms with Gasteiger partial charge >= 0.3 is 0 Å².